The van der Waals surface area contributed by atoms with Crippen molar-refractivity contribution in [1.82, 2.24) is 14.8 Å². The van der Waals surface area contributed by atoms with Crippen molar-refractivity contribution >= 4 is 11.6 Å². The smallest absolute Gasteiger partial charge is 0.322 e. The van der Waals surface area contributed by atoms with Crippen molar-refractivity contribution in [1.29, 1.82) is 0 Å². The molecule has 4 rings (SSSR count). The minimum atomic E-state index is -4.52. The van der Waals surface area contributed by atoms with Crippen LogP contribution in [0.4, 0.5) is 18.9 Å². The molecular formula is C24H19F3N4O. The van der Waals surface area contributed by atoms with Gasteiger partial charge in [0.1, 0.15) is 0 Å². The molecule has 4 aromatic rings. The Bertz CT molecular complexity index is 1290. The van der Waals surface area contributed by atoms with E-state index in [1.54, 1.807) is 35.4 Å². The molecule has 0 fully saturated rings. The fourth-order valence-corrected chi connectivity index (χ4v) is 3.33. The molecule has 0 atom stereocenters. The summed E-state index contributed by atoms with van der Waals surface area (Å²) in [6.07, 6.45) is 2.58. The fraction of sp³-hybridized carbons (Fsp3) is 0.125. The summed E-state index contributed by atoms with van der Waals surface area (Å²) in [5.74, 6) is -0.627. The van der Waals surface area contributed by atoms with Gasteiger partial charge in [-0.1, -0.05) is 12.1 Å². The number of aromatic nitrogens is 3. The Labute approximate surface area is 182 Å². The van der Waals surface area contributed by atoms with Crippen LogP contribution in [0.3, 0.4) is 0 Å². The van der Waals surface area contributed by atoms with Gasteiger partial charge in [-0.2, -0.15) is 18.3 Å². The zero-order valence-electron chi connectivity index (χ0n) is 17.3. The number of pyridine rings is 1. The van der Waals surface area contributed by atoms with E-state index in [2.05, 4.69) is 15.4 Å². The normalized spacial score (nSPS) is 11.4. The van der Waals surface area contributed by atoms with Gasteiger partial charge in [0.2, 0.25) is 0 Å². The third-order valence-electron chi connectivity index (χ3n) is 5.10. The van der Waals surface area contributed by atoms with Crippen LogP contribution < -0.4 is 5.32 Å². The number of rotatable bonds is 4. The molecule has 0 aliphatic rings. The molecule has 1 amide bonds. The average molecular weight is 436 g/mol. The van der Waals surface area contributed by atoms with Gasteiger partial charge < -0.3 is 5.32 Å². The van der Waals surface area contributed by atoms with E-state index in [0.29, 0.717) is 5.69 Å². The molecule has 0 aliphatic carbocycles. The van der Waals surface area contributed by atoms with E-state index in [9.17, 15) is 18.0 Å². The highest BCUT2D eigenvalue weighted by Gasteiger charge is 2.30. The van der Waals surface area contributed by atoms with Gasteiger partial charge >= 0.3 is 6.18 Å². The van der Waals surface area contributed by atoms with Crippen LogP contribution in [0.5, 0.6) is 0 Å². The number of carbonyl (C=O) groups excluding carboxylic acids is 1. The van der Waals surface area contributed by atoms with Crippen molar-refractivity contribution in [2.75, 3.05) is 5.32 Å². The molecule has 0 aliphatic heterocycles. The van der Waals surface area contributed by atoms with Crippen molar-refractivity contribution < 1.29 is 18.0 Å². The van der Waals surface area contributed by atoms with Crippen LogP contribution in [-0.2, 0) is 6.18 Å². The molecule has 0 radical (unpaired) electrons. The molecule has 2 aromatic heterocycles. The van der Waals surface area contributed by atoms with Gasteiger partial charge in [-0.3, -0.25) is 9.78 Å². The van der Waals surface area contributed by atoms with Crippen LogP contribution in [-0.4, -0.2) is 20.7 Å². The SMILES string of the molecule is Cc1ccncc1-c1cnn(-c2cc(NC(=O)c3cccc(C(F)(F)F)c3)ccc2C)c1. The molecule has 32 heavy (non-hydrogen) atoms. The summed E-state index contributed by atoms with van der Waals surface area (Å²) in [4.78, 5) is 16.7. The Kier molecular flexibility index (Phi) is 5.52. The molecule has 162 valence electrons. The van der Waals surface area contributed by atoms with Gasteiger partial charge in [-0.05, 0) is 61.4 Å². The summed E-state index contributed by atoms with van der Waals surface area (Å²) in [7, 11) is 0. The van der Waals surface area contributed by atoms with Gasteiger partial charge in [-0.15, -0.1) is 0 Å². The summed E-state index contributed by atoms with van der Waals surface area (Å²) >= 11 is 0. The maximum atomic E-state index is 12.9. The first-order chi connectivity index (χ1) is 15.2. The summed E-state index contributed by atoms with van der Waals surface area (Å²) in [6.45, 7) is 3.90. The van der Waals surface area contributed by atoms with Gasteiger partial charge in [0.15, 0.2) is 0 Å². The second-order valence-corrected chi connectivity index (χ2v) is 7.40. The monoisotopic (exact) mass is 436 g/mol. The first kappa shape index (κ1) is 21.3. The predicted molar refractivity (Wildman–Crippen MR) is 116 cm³/mol. The van der Waals surface area contributed by atoms with E-state index in [1.165, 1.54) is 12.1 Å². The minimum Gasteiger partial charge on any atom is -0.322 e. The van der Waals surface area contributed by atoms with E-state index in [4.69, 9.17) is 0 Å². The van der Waals surface area contributed by atoms with E-state index in [0.717, 1.165) is 40.1 Å². The quantitative estimate of drug-likeness (QED) is 0.438. The molecule has 1 N–H and O–H groups in total. The van der Waals surface area contributed by atoms with Gasteiger partial charge in [-0.25, -0.2) is 4.68 Å². The molecule has 0 saturated carbocycles. The number of carbonyl (C=O) groups is 1. The Morgan fingerprint density at radius 2 is 1.81 bits per heavy atom. The lowest BCUT2D eigenvalue weighted by molar-refractivity contribution is -0.137. The first-order valence-corrected chi connectivity index (χ1v) is 9.77. The van der Waals surface area contributed by atoms with Crippen molar-refractivity contribution in [3.63, 3.8) is 0 Å². The fourth-order valence-electron chi connectivity index (χ4n) is 3.33. The van der Waals surface area contributed by atoms with Crippen LogP contribution >= 0.6 is 0 Å². The number of amides is 1. The zero-order chi connectivity index (χ0) is 22.9. The van der Waals surface area contributed by atoms with Crippen LogP contribution in [0, 0.1) is 13.8 Å². The molecule has 2 aromatic carbocycles. The van der Waals surface area contributed by atoms with E-state index in [1.807, 2.05) is 32.2 Å². The first-order valence-electron chi connectivity index (χ1n) is 9.77. The molecule has 0 unspecified atom stereocenters. The lowest BCUT2D eigenvalue weighted by Crippen LogP contribution is -2.14. The number of alkyl halides is 3. The van der Waals surface area contributed by atoms with E-state index >= 15 is 0 Å². The third kappa shape index (κ3) is 4.39. The maximum Gasteiger partial charge on any atom is 0.416 e. The number of halogens is 3. The summed E-state index contributed by atoms with van der Waals surface area (Å²) in [5, 5.41) is 7.10. The number of benzene rings is 2. The van der Waals surface area contributed by atoms with Crippen molar-refractivity contribution in [2.45, 2.75) is 20.0 Å². The van der Waals surface area contributed by atoms with Gasteiger partial charge in [0.05, 0.1) is 17.4 Å². The van der Waals surface area contributed by atoms with Crippen LogP contribution in [0.15, 0.2) is 73.3 Å². The lowest BCUT2D eigenvalue weighted by atomic mass is 10.1. The van der Waals surface area contributed by atoms with Crippen molar-refractivity contribution in [3.05, 3.63) is 95.6 Å². The summed E-state index contributed by atoms with van der Waals surface area (Å²) < 4.78 is 40.5. The Morgan fingerprint density at radius 3 is 2.56 bits per heavy atom. The highest BCUT2D eigenvalue weighted by molar-refractivity contribution is 6.04. The molecule has 0 saturated heterocycles. The Morgan fingerprint density at radius 1 is 1.00 bits per heavy atom. The predicted octanol–water partition coefficient (Wildman–Crippen LogP) is 5.82. The number of nitrogens with one attached hydrogen (secondary N) is 1. The molecular weight excluding hydrogens is 417 g/mol. The Balaban J connectivity index is 1.60. The summed E-state index contributed by atoms with van der Waals surface area (Å²) in [5.41, 5.74) is 4.08. The third-order valence-corrected chi connectivity index (χ3v) is 5.10. The number of anilines is 1. The number of aryl methyl sites for hydroxylation is 2. The van der Waals surface area contributed by atoms with Crippen LogP contribution in [0.2, 0.25) is 0 Å². The Hall–Kier alpha value is -3.94. The summed E-state index contributed by atoms with van der Waals surface area (Å²) in [6, 6.07) is 11.5. The van der Waals surface area contributed by atoms with Gasteiger partial charge in [0.25, 0.3) is 5.91 Å². The highest BCUT2D eigenvalue weighted by Crippen LogP contribution is 2.30. The topological polar surface area (TPSA) is 59.8 Å². The average Bonchev–Trinajstić information content (AvgIpc) is 3.24. The van der Waals surface area contributed by atoms with Crippen LogP contribution in [0.1, 0.15) is 27.0 Å². The van der Waals surface area contributed by atoms with Crippen LogP contribution in [0.25, 0.3) is 16.8 Å². The second-order valence-electron chi connectivity index (χ2n) is 7.40. The number of hydrogen-bond donors (Lipinski definition) is 1. The van der Waals surface area contributed by atoms with E-state index in [-0.39, 0.29) is 5.56 Å². The molecule has 2 heterocycles. The lowest BCUT2D eigenvalue weighted by Gasteiger charge is -2.12. The zero-order valence-corrected chi connectivity index (χ0v) is 17.3. The minimum absolute atomic E-state index is 0.0737. The van der Waals surface area contributed by atoms with Gasteiger partial charge in [0, 0.05) is 41.0 Å². The molecule has 8 heteroatoms. The molecule has 0 spiro atoms. The van der Waals surface area contributed by atoms with Crippen molar-refractivity contribution in [2.24, 2.45) is 0 Å². The second kappa shape index (κ2) is 8.30. The maximum absolute atomic E-state index is 12.9. The largest absolute Gasteiger partial charge is 0.416 e. The van der Waals surface area contributed by atoms with E-state index < -0.39 is 17.6 Å². The number of nitrogens with zero attached hydrogens (tertiary/aromatic N) is 3. The molecule has 0 bridgehead atoms. The molecule has 5 nitrogen and oxygen atoms in total. The van der Waals surface area contributed by atoms with Crippen molar-refractivity contribution in [3.8, 4) is 16.8 Å². The highest BCUT2D eigenvalue weighted by atomic mass is 19.4. The number of hydrogen-bond acceptors (Lipinski definition) is 3. The standard InChI is InChI=1S/C24H19F3N4O/c1-15-8-9-28-13-21(15)18-12-29-31(14-18)22-11-20(7-6-16(22)2)30-23(32)17-4-3-5-19(10-17)24(25,26)27/h3-14H,1-2H3,(H,30,32).